The normalized spacial score (nSPS) is 32.1. The molecule has 0 spiro atoms. The minimum atomic E-state index is -2.90. The number of carboxylic acids is 2. The minimum Gasteiger partial charge on any atom is -0.480 e. The van der Waals surface area contributed by atoms with Crippen LogP contribution in [0.5, 0.6) is 0 Å². The average Bonchev–Trinajstić information content (AvgIpc) is 3.06. The van der Waals surface area contributed by atoms with Gasteiger partial charge >= 0.3 is 18.0 Å². The molecule has 0 unspecified atom stereocenters. The van der Waals surface area contributed by atoms with Gasteiger partial charge in [-0.25, -0.2) is 9.59 Å². The van der Waals surface area contributed by atoms with E-state index in [9.17, 15) is 64.8 Å². The van der Waals surface area contributed by atoms with Crippen molar-refractivity contribution in [2.24, 2.45) is 5.73 Å². The second-order valence-corrected chi connectivity index (χ2v) is 11.5. The van der Waals surface area contributed by atoms with E-state index in [2.05, 4.69) is 16.0 Å². The van der Waals surface area contributed by atoms with E-state index in [-0.39, 0.29) is 13.2 Å². The summed E-state index contributed by atoms with van der Waals surface area (Å²) in [6.45, 7) is -0.492. The Morgan fingerprint density at radius 2 is 1.68 bits per heavy atom. The molecule has 288 valence electrons. The van der Waals surface area contributed by atoms with Crippen molar-refractivity contribution < 1.29 is 93.2 Å². The Labute approximate surface area is 284 Å². The molecule has 23 heteroatoms. The molecule has 0 aliphatic carbocycles. The van der Waals surface area contributed by atoms with Gasteiger partial charge in [0.15, 0.2) is 6.29 Å². The smallest absolute Gasteiger partial charge is 0.407 e. The van der Waals surface area contributed by atoms with Crippen molar-refractivity contribution in [2.75, 3.05) is 40.1 Å². The third kappa shape index (κ3) is 11.3. The predicted molar refractivity (Wildman–Crippen MR) is 159 cm³/mol. The first kappa shape index (κ1) is 42.8. The van der Waals surface area contributed by atoms with Gasteiger partial charge in [-0.1, -0.05) is 0 Å². The molecule has 2 heterocycles. The molecule has 2 fully saturated rings. The Morgan fingerprint density at radius 1 is 1.02 bits per heavy atom. The van der Waals surface area contributed by atoms with E-state index in [1.54, 1.807) is 0 Å². The summed E-state index contributed by atoms with van der Waals surface area (Å²) in [4.78, 5) is 60.1. The van der Waals surface area contributed by atoms with Crippen molar-refractivity contribution in [3.8, 4) is 0 Å². The first-order valence-corrected chi connectivity index (χ1v) is 15.2. The summed E-state index contributed by atoms with van der Waals surface area (Å²) in [5, 5.41) is 89.0. The number of nitrogens with one attached hydrogen (secondary N) is 3. The number of methoxy groups -OCH3 is 1. The minimum absolute atomic E-state index is 0.0738. The van der Waals surface area contributed by atoms with Gasteiger partial charge in [0.25, 0.3) is 5.79 Å². The van der Waals surface area contributed by atoms with E-state index in [4.69, 9.17) is 34.2 Å². The lowest BCUT2D eigenvalue weighted by Crippen LogP contribution is -2.69. The van der Waals surface area contributed by atoms with Gasteiger partial charge in [0.1, 0.15) is 61.9 Å². The topological polar surface area (TPSA) is 365 Å². The Balaban J connectivity index is 2.30. The highest BCUT2D eigenvalue weighted by atomic mass is 16.7. The molecule has 2 rings (SSSR count). The van der Waals surface area contributed by atoms with Crippen LogP contribution in [-0.2, 0) is 47.6 Å². The SMILES string of the molecule is COCCOC(=O)NCC(=O)N[C@H]1[C@H]([C@H](O)[C@H](O)CO)O[C@@](OC[C@H]2O[C@H](O[C@H](C)[C@H](N)C(=O)O)[C@H](NC(C)=O)[C@@H](O)[C@H]2O)(C(=O)O)C[C@@H]1O. The Bertz CT molecular complexity index is 1170. The lowest BCUT2D eigenvalue weighted by molar-refractivity contribution is -0.332. The fraction of sp³-hybridized carbons (Fsp3) is 0.815. The lowest BCUT2D eigenvalue weighted by atomic mass is 9.88. The quantitative estimate of drug-likeness (QED) is 0.0583. The summed E-state index contributed by atoms with van der Waals surface area (Å²) < 4.78 is 31.7. The third-order valence-corrected chi connectivity index (χ3v) is 7.75. The Morgan fingerprint density at radius 3 is 2.24 bits per heavy atom. The number of aliphatic carboxylic acids is 2. The molecule has 13 atom stereocenters. The van der Waals surface area contributed by atoms with Crippen LogP contribution in [0.2, 0.25) is 0 Å². The highest BCUT2D eigenvalue weighted by Crippen LogP contribution is 2.35. The van der Waals surface area contributed by atoms with E-state index >= 15 is 0 Å². The molecule has 0 saturated carbocycles. The zero-order chi connectivity index (χ0) is 37.9. The van der Waals surface area contributed by atoms with Crippen LogP contribution in [0.1, 0.15) is 20.3 Å². The van der Waals surface area contributed by atoms with Crippen LogP contribution in [-0.4, -0.2) is 190 Å². The number of carboxylic acid groups (broad SMARTS) is 2. The number of hydrogen-bond acceptors (Lipinski definition) is 18. The summed E-state index contributed by atoms with van der Waals surface area (Å²) in [6, 6.07) is -4.75. The van der Waals surface area contributed by atoms with Crippen molar-refractivity contribution in [1.29, 1.82) is 0 Å². The fourth-order valence-electron chi connectivity index (χ4n) is 4.99. The van der Waals surface area contributed by atoms with Crippen LogP contribution in [0.25, 0.3) is 0 Å². The van der Waals surface area contributed by atoms with Gasteiger partial charge in [0.2, 0.25) is 11.8 Å². The summed E-state index contributed by atoms with van der Waals surface area (Å²) in [5.74, 6) is -7.95. The number of amides is 3. The van der Waals surface area contributed by atoms with Crippen LogP contribution >= 0.6 is 0 Å². The summed E-state index contributed by atoms with van der Waals surface area (Å²) >= 11 is 0. The average molecular weight is 731 g/mol. The maximum Gasteiger partial charge on any atom is 0.407 e. The number of nitrogens with two attached hydrogens (primary N) is 1. The van der Waals surface area contributed by atoms with Gasteiger partial charge in [-0.3, -0.25) is 14.4 Å². The molecule has 50 heavy (non-hydrogen) atoms. The summed E-state index contributed by atoms with van der Waals surface area (Å²) in [6.07, 6.45) is -18.5. The standard InChI is InChI=1S/C27H46N4O19/c1-10(16(28)23(40)41)48-24-18(30-11(2)33)21(39)20(38)14(49-24)9-47-27(25(42)43)6-12(34)17(22(50-27)19(37)13(35)8-32)31-15(36)7-29-26(44)46-5-4-45-3/h10,12-14,16-22,24,32,34-35,37-39H,4-9,28H2,1-3H3,(H,29,44)(H,30,33)(H,31,36)(H,40,41)(H,42,43)/t10-,12+,13-,14-,16+,17-,18-,19-,20+,21-,22-,24+,27-/m1/s1. The number of rotatable bonds is 18. The number of alkyl carbamates (subject to hydrolysis) is 1. The van der Waals surface area contributed by atoms with Crippen LogP contribution in [0.3, 0.4) is 0 Å². The largest absolute Gasteiger partial charge is 0.480 e. The molecule has 13 N–H and O–H groups in total. The number of aliphatic hydroxyl groups excluding tert-OH is 6. The molecule has 0 aromatic carbocycles. The van der Waals surface area contributed by atoms with Crippen molar-refractivity contribution in [3.63, 3.8) is 0 Å². The molecule has 23 nitrogen and oxygen atoms in total. The monoisotopic (exact) mass is 730 g/mol. The van der Waals surface area contributed by atoms with Gasteiger partial charge < -0.3 is 91.0 Å². The van der Waals surface area contributed by atoms with Crippen LogP contribution in [0.4, 0.5) is 4.79 Å². The van der Waals surface area contributed by atoms with Crippen molar-refractivity contribution in [2.45, 2.75) is 99.3 Å². The second-order valence-electron chi connectivity index (χ2n) is 11.5. The van der Waals surface area contributed by atoms with E-state index in [0.717, 1.165) is 6.92 Å². The highest BCUT2D eigenvalue weighted by Gasteiger charge is 2.57. The van der Waals surface area contributed by atoms with Gasteiger partial charge in [0, 0.05) is 20.5 Å². The molecular formula is C27H46N4O19. The molecule has 2 saturated heterocycles. The molecule has 0 aromatic rings. The van der Waals surface area contributed by atoms with E-state index in [1.165, 1.54) is 14.0 Å². The molecule has 0 aromatic heterocycles. The third-order valence-electron chi connectivity index (χ3n) is 7.75. The van der Waals surface area contributed by atoms with Crippen LogP contribution < -0.4 is 21.7 Å². The first-order chi connectivity index (χ1) is 23.4. The van der Waals surface area contributed by atoms with Gasteiger partial charge in [-0.05, 0) is 6.92 Å². The highest BCUT2D eigenvalue weighted by molar-refractivity contribution is 5.82. The van der Waals surface area contributed by atoms with E-state index in [0.29, 0.717) is 0 Å². The number of ether oxygens (including phenoxy) is 6. The second kappa shape index (κ2) is 19.3. The Kier molecular flexibility index (Phi) is 16.6. The lowest BCUT2D eigenvalue weighted by Gasteiger charge is -2.48. The fourth-order valence-corrected chi connectivity index (χ4v) is 4.99. The molecule has 0 bridgehead atoms. The maximum atomic E-state index is 12.6. The molecule has 3 amide bonds. The van der Waals surface area contributed by atoms with Gasteiger partial charge in [-0.15, -0.1) is 0 Å². The Hall–Kier alpha value is -3.33. The number of hydrogen-bond donors (Lipinski definition) is 12. The van der Waals surface area contributed by atoms with E-state index in [1.807, 2.05) is 0 Å². The van der Waals surface area contributed by atoms with Crippen LogP contribution in [0, 0.1) is 0 Å². The molecule has 2 aliphatic rings. The zero-order valence-electron chi connectivity index (χ0n) is 27.3. The number of carbonyl (C=O) groups excluding carboxylic acids is 3. The number of aliphatic hydroxyl groups is 6. The zero-order valence-corrected chi connectivity index (χ0v) is 27.3. The number of carbonyl (C=O) groups is 5. The van der Waals surface area contributed by atoms with Gasteiger partial charge in [-0.2, -0.15) is 0 Å². The van der Waals surface area contributed by atoms with Crippen LogP contribution in [0.15, 0.2) is 0 Å². The predicted octanol–water partition coefficient (Wildman–Crippen LogP) is -6.73. The van der Waals surface area contributed by atoms with Crippen molar-refractivity contribution >= 4 is 29.8 Å². The summed E-state index contributed by atoms with van der Waals surface area (Å²) in [7, 11) is 1.37. The molecular weight excluding hydrogens is 684 g/mol. The van der Waals surface area contributed by atoms with Gasteiger partial charge in [0.05, 0.1) is 38.1 Å². The molecule has 2 aliphatic heterocycles. The summed E-state index contributed by atoms with van der Waals surface area (Å²) in [5.41, 5.74) is 5.58. The molecule has 0 radical (unpaired) electrons. The van der Waals surface area contributed by atoms with Crippen molar-refractivity contribution in [3.05, 3.63) is 0 Å². The first-order valence-electron chi connectivity index (χ1n) is 15.2. The maximum absolute atomic E-state index is 12.6. The van der Waals surface area contributed by atoms with E-state index < -0.39 is 135 Å². The van der Waals surface area contributed by atoms with Crippen molar-refractivity contribution in [1.82, 2.24) is 16.0 Å².